The van der Waals surface area contributed by atoms with Crippen molar-refractivity contribution in [1.82, 2.24) is 0 Å². The molecule has 1 saturated carbocycles. The number of hydrogen-bond donors (Lipinski definition) is 2. The van der Waals surface area contributed by atoms with E-state index in [4.69, 9.17) is 9.98 Å². The Morgan fingerprint density at radius 3 is 1.53 bits per heavy atom. The highest BCUT2D eigenvalue weighted by atomic mass is 28.3. The molecule has 0 heterocycles. The van der Waals surface area contributed by atoms with Crippen LogP contribution < -0.4 is 10.4 Å². The first kappa shape index (κ1) is 53.8. The minimum atomic E-state index is -1.68. The Balaban J connectivity index is 0.00000841. The molecule has 1 aliphatic rings. The predicted molar refractivity (Wildman–Crippen MR) is 267 cm³/mol. The number of quaternary nitrogens is 1. The SMILES string of the molecule is CCCC[N+](CCCC)(CCCC)CCC[SiH2]c1cc(C=N[C@H]2CCCC[C@@H]2N=Cc2cc([Si](C)(C)CCCC)cc(C(C)(C)C)c2O)c(O)c(C(C)(C)C)c1.[CH3-].[CH3-]. The van der Waals surface area contributed by atoms with Gasteiger partial charge in [0.2, 0.25) is 0 Å². The smallest absolute Gasteiger partial charge is 0.128 e. The third kappa shape index (κ3) is 16.0. The van der Waals surface area contributed by atoms with Gasteiger partial charge in [-0.1, -0.05) is 174 Å². The molecule has 0 aliphatic heterocycles. The molecule has 0 amide bonds. The van der Waals surface area contributed by atoms with Gasteiger partial charge in [0.25, 0.3) is 0 Å². The zero-order valence-corrected chi connectivity index (χ0v) is 42.9. The van der Waals surface area contributed by atoms with Crippen LogP contribution in [0.5, 0.6) is 11.5 Å². The third-order valence-electron chi connectivity index (χ3n) is 12.7. The van der Waals surface area contributed by atoms with Gasteiger partial charge in [0, 0.05) is 23.6 Å². The van der Waals surface area contributed by atoms with Gasteiger partial charge in [-0.15, -0.1) is 0 Å². The molecule has 0 saturated heterocycles. The molecule has 0 aromatic heterocycles. The highest BCUT2D eigenvalue weighted by Gasteiger charge is 2.30. The Bertz CT molecular complexity index is 1530. The summed E-state index contributed by atoms with van der Waals surface area (Å²) in [5, 5.41) is 26.1. The standard InChI is InChI=1S/C49H85N3O2Si2.2CH3/c1-13-17-26-52(27-18-14-2,28-19-15-3)29-23-30-55-40-32-38(46(53)42(34-40)48(5,6)7)36-50-44-24-21-22-25-45(44)51-37-39-33-41(56(11,12)31-20-16-4)35-43(47(39)54)49(8,9)10;;/h32-37,44-45H,13-31,55H2,1-12H3,(H-,50,51,53,54);2*1H3/q;2*-1/p+1/t44-,45-;;/m0../s1. The lowest BCUT2D eigenvalue weighted by atomic mass is 9.85. The van der Waals surface area contributed by atoms with Crippen LogP contribution in [-0.2, 0) is 10.8 Å². The molecule has 3 rings (SSSR count). The third-order valence-corrected chi connectivity index (χ3v) is 18.0. The fourth-order valence-electron chi connectivity index (χ4n) is 8.73. The van der Waals surface area contributed by atoms with Gasteiger partial charge >= 0.3 is 0 Å². The van der Waals surface area contributed by atoms with E-state index in [0.29, 0.717) is 11.5 Å². The second-order valence-corrected chi connectivity index (χ2v) is 27.1. The van der Waals surface area contributed by atoms with Crippen LogP contribution in [0.2, 0.25) is 25.2 Å². The largest absolute Gasteiger partial charge is 0.507 e. The van der Waals surface area contributed by atoms with Crippen molar-refractivity contribution in [2.75, 3.05) is 26.2 Å². The number of hydrogen-bond acceptors (Lipinski definition) is 4. The number of phenolic OH excluding ortho intramolecular Hbond substituents is 2. The Labute approximate surface area is 363 Å². The summed E-state index contributed by atoms with van der Waals surface area (Å²) < 4.78 is 1.32. The number of phenols is 2. The van der Waals surface area contributed by atoms with E-state index < -0.39 is 17.6 Å². The van der Waals surface area contributed by atoms with Gasteiger partial charge in [0.15, 0.2) is 0 Å². The van der Waals surface area contributed by atoms with E-state index in [0.717, 1.165) is 47.9 Å². The summed E-state index contributed by atoms with van der Waals surface area (Å²) in [6.45, 7) is 32.8. The van der Waals surface area contributed by atoms with Gasteiger partial charge in [0.1, 0.15) is 11.5 Å². The van der Waals surface area contributed by atoms with E-state index >= 15 is 0 Å². The first-order valence-corrected chi connectivity index (χ1v) is 28.0. The molecule has 2 N–H and O–H groups in total. The van der Waals surface area contributed by atoms with Crippen molar-refractivity contribution < 1.29 is 14.7 Å². The maximum atomic E-state index is 11.7. The molecular formula is C51H92N3O2Si2-. The van der Waals surface area contributed by atoms with Gasteiger partial charge in [0.05, 0.1) is 55.9 Å². The van der Waals surface area contributed by atoms with Gasteiger partial charge in [-0.05, 0) is 60.5 Å². The van der Waals surface area contributed by atoms with Gasteiger partial charge in [-0.25, -0.2) is 0 Å². The summed E-state index contributed by atoms with van der Waals surface area (Å²) in [6, 6.07) is 11.8. The van der Waals surface area contributed by atoms with E-state index in [1.54, 1.807) is 0 Å². The van der Waals surface area contributed by atoms with Gasteiger partial charge in [-0.2, -0.15) is 0 Å². The van der Waals surface area contributed by atoms with Gasteiger partial charge < -0.3 is 29.5 Å². The quantitative estimate of drug-likeness (QED) is 0.0408. The van der Waals surface area contributed by atoms with Crippen LogP contribution in [0, 0.1) is 14.9 Å². The van der Waals surface area contributed by atoms with Crippen molar-refractivity contribution in [3.63, 3.8) is 0 Å². The molecular weight excluding hydrogens is 743 g/mol. The molecule has 5 nitrogen and oxygen atoms in total. The molecule has 332 valence electrons. The maximum Gasteiger partial charge on any atom is 0.128 e. The van der Waals surface area contributed by atoms with E-state index in [1.165, 1.54) is 111 Å². The first-order chi connectivity index (χ1) is 26.4. The molecule has 0 radical (unpaired) electrons. The lowest BCUT2D eigenvalue weighted by Crippen LogP contribution is -2.50. The van der Waals surface area contributed by atoms with Crippen molar-refractivity contribution in [1.29, 1.82) is 0 Å². The van der Waals surface area contributed by atoms with Crippen molar-refractivity contribution in [2.45, 2.75) is 201 Å². The van der Waals surface area contributed by atoms with Crippen LogP contribution in [0.1, 0.15) is 175 Å². The molecule has 2 atom stereocenters. The summed E-state index contributed by atoms with van der Waals surface area (Å²) >= 11 is 0. The van der Waals surface area contributed by atoms with Crippen LogP contribution in [0.25, 0.3) is 0 Å². The molecule has 0 unspecified atom stereocenters. The average Bonchev–Trinajstić information content (AvgIpc) is 3.14. The minimum Gasteiger partial charge on any atom is -0.507 e. The Kier molecular flexibility index (Phi) is 23.1. The fraction of sp³-hybridized carbons (Fsp3) is 0.686. The van der Waals surface area contributed by atoms with Crippen LogP contribution in [0.15, 0.2) is 34.3 Å². The molecule has 0 spiro atoms. The van der Waals surface area contributed by atoms with Crippen molar-refractivity contribution >= 4 is 40.4 Å². The summed E-state index contributed by atoms with van der Waals surface area (Å²) in [4.78, 5) is 10.4. The van der Waals surface area contributed by atoms with E-state index in [9.17, 15) is 10.2 Å². The Morgan fingerprint density at radius 1 is 0.655 bits per heavy atom. The van der Waals surface area contributed by atoms with Crippen molar-refractivity contribution in [2.24, 2.45) is 9.98 Å². The zero-order valence-electron chi connectivity index (χ0n) is 40.5. The molecule has 1 fully saturated rings. The number of nitrogens with zero attached hydrogens (tertiary/aromatic N) is 3. The summed E-state index contributed by atoms with van der Waals surface area (Å²) in [7, 11) is -2.18. The summed E-state index contributed by atoms with van der Waals surface area (Å²) in [5.41, 5.74) is 3.45. The number of benzene rings is 2. The molecule has 58 heavy (non-hydrogen) atoms. The topological polar surface area (TPSA) is 65.2 Å². The number of rotatable bonds is 22. The monoisotopic (exact) mass is 835 g/mol. The minimum absolute atomic E-state index is 0. The number of aliphatic imine (C=N–C) groups is 2. The lowest BCUT2D eigenvalue weighted by molar-refractivity contribution is -0.928. The van der Waals surface area contributed by atoms with Crippen LogP contribution >= 0.6 is 0 Å². The molecule has 1 aliphatic carbocycles. The normalized spacial score (nSPS) is 17.0. The van der Waals surface area contributed by atoms with E-state index in [-0.39, 0.29) is 37.8 Å². The van der Waals surface area contributed by atoms with Gasteiger partial charge in [-0.3, -0.25) is 9.98 Å². The first-order valence-electron chi connectivity index (χ1n) is 23.1. The molecule has 2 aromatic rings. The predicted octanol–water partition coefficient (Wildman–Crippen LogP) is 12.0. The second kappa shape index (κ2) is 24.9. The van der Waals surface area contributed by atoms with E-state index in [2.05, 4.69) is 107 Å². The van der Waals surface area contributed by atoms with Crippen LogP contribution in [-0.4, -0.2) is 83.0 Å². The summed E-state index contributed by atoms with van der Waals surface area (Å²) in [6.07, 6.45) is 19.8. The molecule has 2 aromatic carbocycles. The van der Waals surface area contributed by atoms with Crippen LogP contribution in [0.4, 0.5) is 0 Å². The second-order valence-electron chi connectivity index (χ2n) is 20.3. The van der Waals surface area contributed by atoms with Crippen molar-refractivity contribution in [3.05, 3.63) is 61.4 Å². The lowest BCUT2D eigenvalue weighted by Gasteiger charge is -2.39. The zero-order chi connectivity index (χ0) is 41.6. The van der Waals surface area contributed by atoms with Crippen LogP contribution in [0.3, 0.4) is 0 Å². The fourth-order valence-corrected chi connectivity index (χ4v) is 12.9. The number of unbranched alkanes of at least 4 members (excludes halogenated alkanes) is 4. The highest BCUT2D eigenvalue weighted by Crippen LogP contribution is 2.35. The average molecular weight is 835 g/mol. The maximum absolute atomic E-state index is 11.7. The molecule has 7 heteroatoms. The van der Waals surface area contributed by atoms with E-state index in [1.807, 2.05) is 12.4 Å². The highest BCUT2D eigenvalue weighted by molar-refractivity contribution is 6.89. The number of aromatic hydroxyl groups is 2. The van der Waals surface area contributed by atoms with Crippen molar-refractivity contribution in [3.8, 4) is 11.5 Å². The molecule has 0 bridgehead atoms. The Hall–Kier alpha value is -2.23. The Morgan fingerprint density at radius 2 is 1.09 bits per heavy atom. The summed E-state index contributed by atoms with van der Waals surface area (Å²) in [5.74, 6) is 0.754.